The molecule has 0 fully saturated rings. The summed E-state index contributed by atoms with van der Waals surface area (Å²) in [6.07, 6.45) is 0. The predicted octanol–water partition coefficient (Wildman–Crippen LogP) is 5.37. The number of methoxy groups -OCH3 is 1. The summed E-state index contributed by atoms with van der Waals surface area (Å²) in [6, 6.07) is 19.7. The Kier molecular flexibility index (Phi) is 6.58. The third-order valence-electron chi connectivity index (χ3n) is 4.83. The van der Waals surface area contributed by atoms with Crippen molar-refractivity contribution in [1.82, 2.24) is 4.98 Å². The van der Waals surface area contributed by atoms with E-state index in [2.05, 4.69) is 15.0 Å². The van der Waals surface area contributed by atoms with E-state index in [0.717, 1.165) is 5.56 Å². The topological polar surface area (TPSA) is 111 Å². The van der Waals surface area contributed by atoms with Gasteiger partial charge in [0.15, 0.2) is 0 Å². The molecule has 1 heterocycles. The molecule has 1 amide bonds. The van der Waals surface area contributed by atoms with E-state index in [4.69, 9.17) is 20.8 Å². The lowest BCUT2D eigenvalue weighted by Gasteiger charge is -2.13. The number of aryl methyl sites for hydroxylation is 1. The third-order valence-corrected chi connectivity index (χ3v) is 6.49. The molecule has 34 heavy (non-hydrogen) atoms. The van der Waals surface area contributed by atoms with Crippen LogP contribution in [0.1, 0.15) is 16.2 Å². The van der Waals surface area contributed by atoms with Crippen molar-refractivity contribution in [2.75, 3.05) is 17.1 Å². The second-order valence-electron chi connectivity index (χ2n) is 7.23. The average molecular weight is 498 g/mol. The quantitative estimate of drug-likeness (QED) is 0.355. The van der Waals surface area contributed by atoms with Gasteiger partial charge >= 0.3 is 0 Å². The van der Waals surface area contributed by atoms with Crippen LogP contribution in [0.25, 0.3) is 11.5 Å². The van der Waals surface area contributed by atoms with Crippen LogP contribution in [0, 0.1) is 6.92 Å². The van der Waals surface area contributed by atoms with E-state index < -0.39 is 15.9 Å². The number of carbonyl (C=O) groups excluding carboxylic acids is 1. The molecule has 0 saturated heterocycles. The zero-order valence-corrected chi connectivity index (χ0v) is 19.8. The summed E-state index contributed by atoms with van der Waals surface area (Å²) in [4.78, 5) is 17.0. The van der Waals surface area contributed by atoms with E-state index in [1.807, 2.05) is 30.3 Å². The van der Waals surface area contributed by atoms with Gasteiger partial charge in [-0.2, -0.15) is 0 Å². The molecule has 10 heteroatoms. The number of ether oxygens (including phenoxy) is 1. The van der Waals surface area contributed by atoms with E-state index in [-0.39, 0.29) is 22.1 Å². The molecule has 0 aliphatic rings. The number of carbonyl (C=O) groups is 1. The molecule has 4 aromatic rings. The molecule has 4 rings (SSSR count). The smallest absolute Gasteiger partial charge is 0.293 e. The Morgan fingerprint density at radius 2 is 1.68 bits per heavy atom. The summed E-state index contributed by atoms with van der Waals surface area (Å²) in [7, 11) is -2.68. The average Bonchev–Trinajstić information content (AvgIpc) is 3.23. The second kappa shape index (κ2) is 9.58. The van der Waals surface area contributed by atoms with Crippen molar-refractivity contribution >= 4 is 38.9 Å². The maximum Gasteiger partial charge on any atom is 0.293 e. The van der Waals surface area contributed by atoms with Crippen LogP contribution in [0.3, 0.4) is 0 Å². The molecular weight excluding hydrogens is 478 g/mol. The minimum Gasteiger partial charge on any atom is -0.495 e. The zero-order chi connectivity index (χ0) is 24.3. The van der Waals surface area contributed by atoms with Gasteiger partial charge in [0, 0.05) is 22.0 Å². The number of hydrogen-bond acceptors (Lipinski definition) is 6. The van der Waals surface area contributed by atoms with Gasteiger partial charge in [0.25, 0.3) is 15.9 Å². The van der Waals surface area contributed by atoms with Crippen LogP contribution in [0.15, 0.2) is 82.1 Å². The van der Waals surface area contributed by atoms with Crippen LogP contribution in [0.4, 0.5) is 11.4 Å². The Hall–Kier alpha value is -3.82. The van der Waals surface area contributed by atoms with E-state index in [9.17, 15) is 13.2 Å². The number of nitrogens with one attached hydrogen (secondary N) is 2. The van der Waals surface area contributed by atoms with Crippen molar-refractivity contribution in [3.05, 3.63) is 89.3 Å². The van der Waals surface area contributed by atoms with Crippen molar-refractivity contribution in [1.29, 1.82) is 0 Å². The van der Waals surface area contributed by atoms with Gasteiger partial charge in [-0.3, -0.25) is 9.52 Å². The highest BCUT2D eigenvalue weighted by Crippen LogP contribution is 2.30. The lowest BCUT2D eigenvalue weighted by Crippen LogP contribution is -2.16. The Labute approximate surface area is 201 Å². The van der Waals surface area contributed by atoms with Gasteiger partial charge in [-0.1, -0.05) is 29.8 Å². The fourth-order valence-electron chi connectivity index (χ4n) is 3.19. The molecule has 0 bridgehead atoms. The number of halogens is 1. The minimum absolute atomic E-state index is 0.0263. The number of nitrogens with zero attached hydrogens (tertiary/aromatic N) is 1. The first-order chi connectivity index (χ1) is 16.3. The van der Waals surface area contributed by atoms with Gasteiger partial charge in [-0.05, 0) is 61.5 Å². The molecule has 2 N–H and O–H groups in total. The zero-order valence-electron chi connectivity index (χ0n) is 18.2. The van der Waals surface area contributed by atoms with Crippen molar-refractivity contribution in [3.8, 4) is 17.2 Å². The molecule has 0 aliphatic carbocycles. The fourth-order valence-corrected chi connectivity index (χ4v) is 4.57. The normalized spacial score (nSPS) is 11.1. The van der Waals surface area contributed by atoms with E-state index >= 15 is 0 Å². The number of hydrogen-bond donors (Lipinski definition) is 2. The first-order valence-electron chi connectivity index (χ1n) is 10.1. The number of benzene rings is 3. The van der Waals surface area contributed by atoms with Gasteiger partial charge in [0.1, 0.15) is 10.6 Å². The number of rotatable bonds is 7. The van der Waals surface area contributed by atoms with Crippen LogP contribution in [-0.4, -0.2) is 26.4 Å². The maximum atomic E-state index is 13.0. The van der Waals surface area contributed by atoms with E-state index in [1.54, 1.807) is 19.1 Å². The van der Waals surface area contributed by atoms with Crippen molar-refractivity contribution < 1.29 is 22.4 Å². The Morgan fingerprint density at radius 1 is 1.00 bits per heavy atom. The van der Waals surface area contributed by atoms with Crippen LogP contribution >= 0.6 is 11.6 Å². The summed E-state index contributed by atoms with van der Waals surface area (Å²) < 4.78 is 39.4. The Bertz CT molecular complexity index is 1440. The van der Waals surface area contributed by atoms with Crippen LogP contribution in [0.2, 0.25) is 5.02 Å². The first-order valence-corrected chi connectivity index (χ1v) is 11.9. The summed E-state index contributed by atoms with van der Waals surface area (Å²) in [5.74, 6) is -0.111. The summed E-state index contributed by atoms with van der Waals surface area (Å²) >= 11 is 5.87. The third kappa shape index (κ3) is 5.05. The fraction of sp³-hybridized carbons (Fsp3) is 0.0833. The monoisotopic (exact) mass is 497 g/mol. The molecular formula is C24H20ClN3O5S. The SMILES string of the molecule is COc1ccc(NC(=O)c2oc(-c3ccccc3)nc2C)cc1S(=O)(=O)Nc1ccc(Cl)cc1. The number of sulfonamides is 1. The molecule has 8 nitrogen and oxygen atoms in total. The van der Waals surface area contributed by atoms with Gasteiger partial charge in [0.05, 0.1) is 12.8 Å². The second-order valence-corrected chi connectivity index (χ2v) is 9.32. The van der Waals surface area contributed by atoms with Crippen LogP contribution in [-0.2, 0) is 10.0 Å². The molecule has 1 aromatic heterocycles. The number of amides is 1. The molecule has 0 atom stereocenters. The lowest BCUT2D eigenvalue weighted by atomic mass is 10.2. The van der Waals surface area contributed by atoms with Gasteiger partial charge in [-0.25, -0.2) is 13.4 Å². The van der Waals surface area contributed by atoms with Crippen molar-refractivity contribution in [2.45, 2.75) is 11.8 Å². The van der Waals surface area contributed by atoms with Crippen LogP contribution < -0.4 is 14.8 Å². The molecule has 0 saturated carbocycles. The standard InChI is InChI=1S/C24H20ClN3O5S/c1-15-22(33-24(26-15)16-6-4-3-5-7-16)23(29)27-19-12-13-20(32-2)21(14-19)34(30,31)28-18-10-8-17(25)9-11-18/h3-14,28H,1-2H3,(H,27,29). The summed E-state index contributed by atoms with van der Waals surface area (Å²) in [6.45, 7) is 1.66. The highest BCUT2D eigenvalue weighted by atomic mass is 35.5. The van der Waals surface area contributed by atoms with Gasteiger partial charge in [0.2, 0.25) is 11.7 Å². The highest BCUT2D eigenvalue weighted by Gasteiger charge is 2.23. The molecule has 0 spiro atoms. The Morgan fingerprint density at radius 3 is 2.35 bits per heavy atom. The number of anilines is 2. The highest BCUT2D eigenvalue weighted by molar-refractivity contribution is 7.92. The molecule has 0 radical (unpaired) electrons. The van der Waals surface area contributed by atoms with Gasteiger partial charge < -0.3 is 14.5 Å². The molecule has 3 aromatic carbocycles. The summed E-state index contributed by atoms with van der Waals surface area (Å²) in [5.41, 5.74) is 1.70. The molecule has 0 aliphatic heterocycles. The predicted molar refractivity (Wildman–Crippen MR) is 130 cm³/mol. The lowest BCUT2D eigenvalue weighted by molar-refractivity contribution is 0.0996. The largest absolute Gasteiger partial charge is 0.495 e. The van der Waals surface area contributed by atoms with Crippen molar-refractivity contribution in [2.24, 2.45) is 0 Å². The number of aromatic nitrogens is 1. The maximum absolute atomic E-state index is 13.0. The molecule has 174 valence electrons. The summed E-state index contributed by atoms with van der Waals surface area (Å²) in [5, 5.41) is 3.14. The van der Waals surface area contributed by atoms with E-state index in [0.29, 0.717) is 22.3 Å². The first kappa shape index (κ1) is 23.3. The molecule has 0 unspecified atom stereocenters. The van der Waals surface area contributed by atoms with E-state index in [1.165, 1.54) is 37.4 Å². The number of oxazole rings is 1. The van der Waals surface area contributed by atoms with Crippen molar-refractivity contribution in [3.63, 3.8) is 0 Å². The van der Waals surface area contributed by atoms with Crippen LogP contribution in [0.5, 0.6) is 5.75 Å². The minimum atomic E-state index is -4.04. The van der Waals surface area contributed by atoms with Gasteiger partial charge in [-0.15, -0.1) is 0 Å². The Balaban J connectivity index is 1.60.